The minimum Gasteiger partial charge on any atom is -0.504 e. The Hall–Kier alpha value is -1.22. The molecule has 1 aliphatic rings. The van der Waals surface area contributed by atoms with Crippen LogP contribution in [-0.4, -0.2) is 18.3 Å². The average molecular weight is 249 g/mol. The molecule has 1 aromatic carbocycles. The van der Waals surface area contributed by atoms with Crippen molar-refractivity contribution >= 4 is 0 Å². The third-order valence-electron chi connectivity index (χ3n) is 3.98. The molecule has 1 aliphatic carbocycles. The number of benzene rings is 1. The molecule has 2 N–H and O–H groups in total. The molecule has 18 heavy (non-hydrogen) atoms. The van der Waals surface area contributed by atoms with Crippen LogP contribution in [0.15, 0.2) is 18.2 Å². The lowest BCUT2D eigenvalue weighted by Crippen LogP contribution is -2.31. The van der Waals surface area contributed by atoms with E-state index in [1.807, 2.05) is 12.1 Å². The molecule has 1 aromatic rings. The Bertz CT molecular complexity index is 386. The lowest BCUT2D eigenvalue weighted by Gasteiger charge is -2.20. The highest BCUT2D eigenvalue weighted by Gasteiger charge is 2.20. The van der Waals surface area contributed by atoms with E-state index in [0.717, 1.165) is 18.0 Å². The normalized spacial score (nSPS) is 17.9. The Morgan fingerprint density at radius 3 is 2.72 bits per heavy atom. The number of ether oxygens (including phenoxy) is 1. The summed E-state index contributed by atoms with van der Waals surface area (Å²) in [5.74, 6) is 1.56. The molecule has 0 radical (unpaired) electrons. The predicted octanol–water partition coefficient (Wildman–Crippen LogP) is 3.07. The molecule has 0 bridgehead atoms. The van der Waals surface area contributed by atoms with Crippen LogP contribution < -0.4 is 10.1 Å². The monoisotopic (exact) mass is 249 g/mol. The van der Waals surface area contributed by atoms with Crippen molar-refractivity contribution in [1.29, 1.82) is 0 Å². The van der Waals surface area contributed by atoms with Gasteiger partial charge in [-0.25, -0.2) is 0 Å². The first kappa shape index (κ1) is 13.2. The van der Waals surface area contributed by atoms with Crippen LogP contribution in [0.25, 0.3) is 0 Å². The SMILES string of the molecule is COc1ccc(CN[C@@H](C)C2CCCC2)cc1O. The fourth-order valence-electron chi connectivity index (χ4n) is 2.75. The zero-order valence-corrected chi connectivity index (χ0v) is 11.3. The van der Waals surface area contributed by atoms with E-state index < -0.39 is 0 Å². The molecule has 0 aliphatic heterocycles. The Morgan fingerprint density at radius 1 is 1.39 bits per heavy atom. The minimum absolute atomic E-state index is 0.213. The molecule has 1 atom stereocenters. The van der Waals surface area contributed by atoms with E-state index in [0.29, 0.717) is 11.8 Å². The fourth-order valence-corrected chi connectivity index (χ4v) is 2.75. The number of phenolic OH excluding ortho intramolecular Hbond substituents is 1. The second kappa shape index (κ2) is 6.10. The van der Waals surface area contributed by atoms with Gasteiger partial charge in [0.05, 0.1) is 7.11 Å². The van der Waals surface area contributed by atoms with Crippen LogP contribution in [0.5, 0.6) is 11.5 Å². The summed E-state index contributed by atoms with van der Waals surface area (Å²) in [5.41, 5.74) is 1.10. The lowest BCUT2D eigenvalue weighted by atomic mass is 9.99. The molecule has 100 valence electrons. The molecule has 0 spiro atoms. The first-order valence-corrected chi connectivity index (χ1v) is 6.80. The zero-order valence-electron chi connectivity index (χ0n) is 11.3. The largest absolute Gasteiger partial charge is 0.504 e. The Kier molecular flexibility index (Phi) is 4.48. The second-order valence-electron chi connectivity index (χ2n) is 5.22. The minimum atomic E-state index is 0.213. The number of aromatic hydroxyl groups is 1. The maximum absolute atomic E-state index is 9.72. The third-order valence-corrected chi connectivity index (χ3v) is 3.98. The Labute approximate surface area is 109 Å². The number of nitrogens with one attached hydrogen (secondary N) is 1. The number of hydrogen-bond donors (Lipinski definition) is 2. The maximum atomic E-state index is 9.72. The van der Waals surface area contributed by atoms with Crippen LogP contribution in [0.1, 0.15) is 38.2 Å². The Balaban J connectivity index is 1.87. The van der Waals surface area contributed by atoms with Gasteiger partial charge in [-0.2, -0.15) is 0 Å². The summed E-state index contributed by atoms with van der Waals surface area (Å²) in [6.45, 7) is 3.06. The highest BCUT2D eigenvalue weighted by atomic mass is 16.5. The summed E-state index contributed by atoms with van der Waals surface area (Å²) in [6, 6.07) is 6.13. The quantitative estimate of drug-likeness (QED) is 0.842. The van der Waals surface area contributed by atoms with Crippen LogP contribution in [-0.2, 0) is 6.54 Å². The first-order chi connectivity index (χ1) is 8.70. The van der Waals surface area contributed by atoms with Crippen molar-refractivity contribution < 1.29 is 9.84 Å². The van der Waals surface area contributed by atoms with Gasteiger partial charge in [0.2, 0.25) is 0 Å². The van der Waals surface area contributed by atoms with Gasteiger partial charge in [-0.15, -0.1) is 0 Å². The maximum Gasteiger partial charge on any atom is 0.160 e. The van der Waals surface area contributed by atoms with Crippen LogP contribution in [0.2, 0.25) is 0 Å². The second-order valence-corrected chi connectivity index (χ2v) is 5.22. The van der Waals surface area contributed by atoms with Gasteiger partial charge in [-0.05, 0) is 43.4 Å². The van der Waals surface area contributed by atoms with Crippen LogP contribution >= 0.6 is 0 Å². The Morgan fingerprint density at radius 2 is 2.11 bits per heavy atom. The summed E-state index contributed by atoms with van der Waals surface area (Å²) in [5, 5.41) is 13.3. The summed E-state index contributed by atoms with van der Waals surface area (Å²) in [6.07, 6.45) is 5.45. The zero-order chi connectivity index (χ0) is 13.0. The van der Waals surface area contributed by atoms with Crippen molar-refractivity contribution in [2.45, 2.75) is 45.2 Å². The number of rotatable bonds is 5. The summed E-state index contributed by atoms with van der Waals surface area (Å²) in [7, 11) is 1.56. The van der Waals surface area contributed by atoms with Gasteiger partial charge >= 0.3 is 0 Å². The number of phenols is 1. The first-order valence-electron chi connectivity index (χ1n) is 6.80. The molecule has 3 heteroatoms. The van der Waals surface area contributed by atoms with Crippen molar-refractivity contribution in [2.24, 2.45) is 5.92 Å². The molecule has 0 saturated heterocycles. The fraction of sp³-hybridized carbons (Fsp3) is 0.600. The van der Waals surface area contributed by atoms with Crippen LogP contribution in [0, 0.1) is 5.92 Å². The van der Waals surface area contributed by atoms with E-state index in [-0.39, 0.29) is 5.75 Å². The van der Waals surface area contributed by atoms with Gasteiger partial charge < -0.3 is 15.2 Å². The molecule has 1 saturated carbocycles. The van der Waals surface area contributed by atoms with Crippen molar-refractivity contribution in [3.05, 3.63) is 23.8 Å². The van der Waals surface area contributed by atoms with Crippen molar-refractivity contribution in [3.63, 3.8) is 0 Å². The lowest BCUT2D eigenvalue weighted by molar-refractivity contribution is 0.369. The van der Waals surface area contributed by atoms with Crippen LogP contribution in [0.3, 0.4) is 0 Å². The van der Waals surface area contributed by atoms with E-state index in [1.54, 1.807) is 13.2 Å². The molecular formula is C15H23NO2. The number of methoxy groups -OCH3 is 1. The molecule has 3 nitrogen and oxygen atoms in total. The molecule has 2 rings (SSSR count). The van der Waals surface area contributed by atoms with Gasteiger partial charge in [-0.3, -0.25) is 0 Å². The molecule has 0 amide bonds. The topological polar surface area (TPSA) is 41.5 Å². The molecule has 1 fully saturated rings. The van der Waals surface area contributed by atoms with Crippen molar-refractivity contribution in [2.75, 3.05) is 7.11 Å². The number of hydrogen-bond acceptors (Lipinski definition) is 3. The van der Waals surface area contributed by atoms with Gasteiger partial charge in [0.15, 0.2) is 11.5 Å². The standard InChI is InChI=1S/C15H23NO2/c1-11(13-5-3-4-6-13)16-10-12-7-8-15(18-2)14(17)9-12/h7-9,11,13,16-17H,3-6,10H2,1-2H3/t11-/m0/s1. The molecule has 0 unspecified atom stereocenters. The molecular weight excluding hydrogens is 226 g/mol. The molecule has 0 heterocycles. The van der Waals surface area contributed by atoms with Gasteiger partial charge in [0.25, 0.3) is 0 Å². The van der Waals surface area contributed by atoms with E-state index in [2.05, 4.69) is 12.2 Å². The van der Waals surface area contributed by atoms with Crippen molar-refractivity contribution in [3.8, 4) is 11.5 Å². The van der Waals surface area contributed by atoms with Gasteiger partial charge in [0.1, 0.15) is 0 Å². The highest BCUT2D eigenvalue weighted by molar-refractivity contribution is 5.41. The van der Waals surface area contributed by atoms with Gasteiger partial charge in [-0.1, -0.05) is 18.9 Å². The average Bonchev–Trinajstić information content (AvgIpc) is 2.90. The van der Waals surface area contributed by atoms with Gasteiger partial charge in [0, 0.05) is 12.6 Å². The van der Waals surface area contributed by atoms with E-state index in [4.69, 9.17) is 4.74 Å². The van der Waals surface area contributed by atoms with Crippen molar-refractivity contribution in [1.82, 2.24) is 5.32 Å². The predicted molar refractivity (Wildman–Crippen MR) is 72.9 cm³/mol. The summed E-state index contributed by atoms with van der Waals surface area (Å²) < 4.78 is 5.04. The van der Waals surface area contributed by atoms with Crippen LogP contribution in [0.4, 0.5) is 0 Å². The van der Waals surface area contributed by atoms with E-state index in [9.17, 15) is 5.11 Å². The highest BCUT2D eigenvalue weighted by Crippen LogP contribution is 2.28. The summed E-state index contributed by atoms with van der Waals surface area (Å²) in [4.78, 5) is 0. The molecule has 0 aromatic heterocycles. The smallest absolute Gasteiger partial charge is 0.160 e. The van der Waals surface area contributed by atoms with E-state index in [1.165, 1.54) is 25.7 Å². The third kappa shape index (κ3) is 3.16. The van der Waals surface area contributed by atoms with E-state index >= 15 is 0 Å². The summed E-state index contributed by atoms with van der Waals surface area (Å²) >= 11 is 0.